The molecular formula is C31H29NO10S4. The van der Waals surface area contributed by atoms with Gasteiger partial charge in [0.2, 0.25) is 0 Å². The Kier molecular flexibility index (Phi) is 9.42. The number of esters is 4. The number of rotatable bonds is 7. The molecule has 46 heavy (non-hydrogen) atoms. The molecule has 0 bridgehead atoms. The van der Waals surface area contributed by atoms with Crippen LogP contribution in [0, 0.1) is 0 Å². The fourth-order valence-electron chi connectivity index (χ4n) is 5.43. The number of hydrogen-bond donors (Lipinski definition) is 0. The zero-order valence-corrected chi connectivity index (χ0v) is 29.1. The van der Waals surface area contributed by atoms with Gasteiger partial charge in [-0.3, -0.25) is 9.69 Å². The lowest BCUT2D eigenvalue weighted by molar-refractivity contribution is -0.138. The topological polar surface area (TPSA) is 135 Å². The van der Waals surface area contributed by atoms with Gasteiger partial charge in [0.25, 0.3) is 5.91 Å². The molecule has 4 heterocycles. The molecule has 0 fully saturated rings. The van der Waals surface area contributed by atoms with Crippen LogP contribution in [0.4, 0.5) is 5.69 Å². The van der Waals surface area contributed by atoms with Crippen molar-refractivity contribution in [2.45, 2.75) is 30.4 Å². The van der Waals surface area contributed by atoms with E-state index < -0.39 is 33.5 Å². The molecule has 0 N–H and O–H groups in total. The number of carbonyl (C=O) groups excluding carboxylic acids is 5. The number of fused-ring (bicyclic) bond motifs is 3. The van der Waals surface area contributed by atoms with E-state index in [1.807, 2.05) is 20.8 Å². The highest BCUT2D eigenvalue weighted by molar-refractivity contribution is 8.26. The fourth-order valence-corrected chi connectivity index (χ4v) is 11.1. The molecule has 15 heteroatoms. The molecule has 3 aliphatic heterocycles. The van der Waals surface area contributed by atoms with Crippen LogP contribution in [0.3, 0.4) is 0 Å². The first-order valence-corrected chi connectivity index (χ1v) is 17.0. The van der Waals surface area contributed by atoms with Crippen molar-refractivity contribution in [3.05, 3.63) is 71.3 Å². The van der Waals surface area contributed by atoms with E-state index in [2.05, 4.69) is 0 Å². The van der Waals surface area contributed by atoms with Crippen LogP contribution in [0.1, 0.15) is 36.0 Å². The van der Waals surface area contributed by atoms with Gasteiger partial charge in [-0.15, -0.1) is 11.3 Å². The largest absolute Gasteiger partial charge is 0.494 e. The lowest BCUT2D eigenvalue weighted by atomic mass is 9.83. The number of amides is 1. The van der Waals surface area contributed by atoms with Gasteiger partial charge in [0.15, 0.2) is 0 Å². The number of nitrogens with zero attached hydrogens (tertiary/aromatic N) is 1. The minimum Gasteiger partial charge on any atom is -0.494 e. The predicted octanol–water partition coefficient (Wildman–Crippen LogP) is 5.38. The van der Waals surface area contributed by atoms with E-state index in [1.165, 1.54) is 39.8 Å². The Balaban J connectivity index is 1.91. The van der Waals surface area contributed by atoms with Gasteiger partial charge in [-0.1, -0.05) is 41.4 Å². The van der Waals surface area contributed by atoms with Crippen molar-refractivity contribution in [1.29, 1.82) is 0 Å². The molecule has 1 aromatic carbocycles. The minimum atomic E-state index is -1.68. The van der Waals surface area contributed by atoms with Gasteiger partial charge in [-0.2, -0.15) is 0 Å². The van der Waals surface area contributed by atoms with Gasteiger partial charge in [0, 0.05) is 16.0 Å². The molecule has 0 saturated heterocycles. The van der Waals surface area contributed by atoms with Crippen LogP contribution in [0.2, 0.25) is 0 Å². The Bertz CT molecular complexity index is 1730. The van der Waals surface area contributed by atoms with Crippen molar-refractivity contribution in [1.82, 2.24) is 0 Å². The van der Waals surface area contributed by atoms with E-state index in [0.29, 0.717) is 39.0 Å². The van der Waals surface area contributed by atoms with Crippen LogP contribution in [0.5, 0.6) is 5.75 Å². The zero-order chi connectivity index (χ0) is 33.6. The van der Waals surface area contributed by atoms with E-state index >= 15 is 0 Å². The summed E-state index contributed by atoms with van der Waals surface area (Å²) in [5.41, 5.74) is 0.150. The zero-order valence-electron chi connectivity index (χ0n) is 25.8. The van der Waals surface area contributed by atoms with Crippen molar-refractivity contribution in [3.8, 4) is 5.75 Å². The van der Waals surface area contributed by atoms with Gasteiger partial charge >= 0.3 is 23.9 Å². The fraction of sp³-hybridized carbons (Fsp3) is 0.323. The Morgan fingerprint density at radius 2 is 1.39 bits per heavy atom. The first-order valence-electron chi connectivity index (χ1n) is 13.7. The summed E-state index contributed by atoms with van der Waals surface area (Å²) in [5, 5.41) is 1.80. The smallest absolute Gasteiger partial charge is 0.345 e. The van der Waals surface area contributed by atoms with Crippen molar-refractivity contribution in [2.75, 3.05) is 39.9 Å². The van der Waals surface area contributed by atoms with Crippen molar-refractivity contribution in [2.24, 2.45) is 0 Å². The van der Waals surface area contributed by atoms with Gasteiger partial charge in [-0.05, 0) is 50.4 Å². The average molecular weight is 704 g/mol. The molecule has 242 valence electrons. The number of anilines is 1. The van der Waals surface area contributed by atoms with Crippen molar-refractivity contribution in [3.63, 3.8) is 0 Å². The number of benzene rings is 1. The summed E-state index contributed by atoms with van der Waals surface area (Å²) >= 11 is 3.99. The SMILES string of the molecule is CCOc1ccc2c(c1)C1=C(SC(C(=O)OC)=C(C(=O)OC)C13SC(C(=O)OC)=C(C(=O)OC)S3)C(C)(C)N2C(=O)c1cccs1. The van der Waals surface area contributed by atoms with E-state index in [0.717, 1.165) is 35.3 Å². The molecule has 1 spiro atoms. The minimum absolute atomic E-state index is 0.121. The molecule has 2 aromatic rings. The van der Waals surface area contributed by atoms with Crippen LogP contribution in [-0.2, 0) is 38.1 Å². The normalized spacial score (nSPS) is 17.8. The van der Waals surface area contributed by atoms with Gasteiger partial charge in [0.1, 0.15) is 24.5 Å². The second-order valence-corrected chi connectivity index (χ2v) is 14.9. The summed E-state index contributed by atoms with van der Waals surface area (Å²) in [6.45, 7) is 5.83. The number of methoxy groups -OCH3 is 4. The van der Waals surface area contributed by atoms with Gasteiger partial charge in [0.05, 0.1) is 56.7 Å². The highest BCUT2D eigenvalue weighted by Gasteiger charge is 2.62. The summed E-state index contributed by atoms with van der Waals surface area (Å²) in [7, 11) is 4.68. The predicted molar refractivity (Wildman–Crippen MR) is 177 cm³/mol. The van der Waals surface area contributed by atoms with Crippen LogP contribution in [-0.4, -0.2) is 74.4 Å². The summed E-state index contributed by atoms with van der Waals surface area (Å²) in [6.07, 6.45) is 0. The second-order valence-electron chi connectivity index (χ2n) is 10.2. The number of ether oxygens (including phenoxy) is 5. The molecule has 0 unspecified atom stereocenters. The number of hydrogen-bond acceptors (Lipinski definition) is 14. The molecular weight excluding hydrogens is 675 g/mol. The lowest BCUT2D eigenvalue weighted by Gasteiger charge is -2.50. The highest BCUT2D eigenvalue weighted by atomic mass is 32.2. The average Bonchev–Trinajstić information content (AvgIpc) is 3.73. The van der Waals surface area contributed by atoms with Crippen molar-refractivity contribution < 1.29 is 47.7 Å². The highest BCUT2D eigenvalue weighted by Crippen LogP contribution is 2.71. The Labute approximate surface area is 281 Å². The summed E-state index contributed by atoms with van der Waals surface area (Å²) in [4.78, 5) is 70.2. The Morgan fingerprint density at radius 3 is 1.91 bits per heavy atom. The van der Waals surface area contributed by atoms with Crippen LogP contribution in [0.15, 0.2) is 60.9 Å². The standard InChI is InChI=1S/C31H29NO10S4/c1-8-42-15-11-12-17-16(14-15)19-24(30(2,3)32(17)25(33)18-10-9-13-43-18)44-21(27(35)39-5)20(26(34)38-4)31(19)45-22(28(36)40-6)23(46-31)29(37)41-7/h9-14H,8H2,1-7H3. The number of thiophene rings is 1. The van der Waals surface area contributed by atoms with Crippen LogP contribution >= 0.6 is 46.6 Å². The van der Waals surface area contributed by atoms with Crippen molar-refractivity contribution >= 4 is 87.7 Å². The van der Waals surface area contributed by atoms with Crippen LogP contribution < -0.4 is 9.64 Å². The Hall–Kier alpha value is -3.66. The first-order chi connectivity index (χ1) is 21.9. The van der Waals surface area contributed by atoms with E-state index in [4.69, 9.17) is 23.7 Å². The van der Waals surface area contributed by atoms with E-state index in [9.17, 15) is 24.0 Å². The maximum absolute atomic E-state index is 14.2. The molecule has 0 saturated carbocycles. The second kappa shape index (κ2) is 12.9. The molecule has 0 radical (unpaired) electrons. The maximum Gasteiger partial charge on any atom is 0.345 e. The Morgan fingerprint density at radius 1 is 0.804 bits per heavy atom. The molecule has 1 aromatic heterocycles. The molecule has 11 nitrogen and oxygen atoms in total. The van der Waals surface area contributed by atoms with Crippen LogP contribution in [0.25, 0.3) is 5.57 Å². The summed E-state index contributed by atoms with van der Waals surface area (Å²) < 4.78 is 24.6. The third-order valence-corrected chi connectivity index (χ3v) is 12.9. The summed E-state index contributed by atoms with van der Waals surface area (Å²) in [5.74, 6) is -3.22. The molecule has 3 aliphatic rings. The molecule has 0 aliphatic carbocycles. The van der Waals surface area contributed by atoms with Gasteiger partial charge in [-0.25, -0.2) is 19.2 Å². The van der Waals surface area contributed by atoms with E-state index in [-0.39, 0.29) is 26.2 Å². The number of carbonyl (C=O) groups is 5. The monoisotopic (exact) mass is 703 g/mol. The third-order valence-electron chi connectivity index (χ3n) is 7.36. The lowest BCUT2D eigenvalue weighted by Crippen LogP contribution is -2.53. The molecule has 0 atom stereocenters. The molecule has 1 amide bonds. The van der Waals surface area contributed by atoms with E-state index in [1.54, 1.807) is 40.6 Å². The van der Waals surface area contributed by atoms with Gasteiger partial charge < -0.3 is 23.7 Å². The number of thioether (sulfide) groups is 3. The summed E-state index contributed by atoms with van der Waals surface area (Å²) in [6, 6.07) is 8.75. The quantitative estimate of drug-likeness (QED) is 0.270. The maximum atomic E-state index is 14.2. The first kappa shape index (κ1) is 33.7. The molecule has 5 rings (SSSR count). The third kappa shape index (κ3) is 5.22.